The van der Waals surface area contributed by atoms with Crippen molar-refractivity contribution in [3.05, 3.63) is 28.2 Å². The lowest BCUT2D eigenvalue weighted by Crippen LogP contribution is -2.29. The first-order chi connectivity index (χ1) is 8.37. The Bertz CT molecular complexity index is 388. The van der Waals surface area contributed by atoms with E-state index >= 15 is 0 Å². The Kier molecular flexibility index (Phi) is 5.63. The van der Waals surface area contributed by atoms with Crippen LogP contribution in [0.1, 0.15) is 45.2 Å². The molecule has 0 aliphatic rings. The van der Waals surface area contributed by atoms with Gasteiger partial charge in [-0.2, -0.15) is 0 Å². The summed E-state index contributed by atoms with van der Waals surface area (Å²) in [6.07, 6.45) is 2.13. The second-order valence-corrected chi connectivity index (χ2v) is 6.57. The van der Waals surface area contributed by atoms with E-state index in [1.54, 1.807) is 7.11 Å². The van der Waals surface area contributed by atoms with Crippen LogP contribution in [0.3, 0.4) is 0 Å². The fourth-order valence-electron chi connectivity index (χ4n) is 1.82. The Morgan fingerprint density at radius 2 is 2.06 bits per heavy atom. The van der Waals surface area contributed by atoms with Crippen molar-refractivity contribution in [3.8, 4) is 5.75 Å². The van der Waals surface area contributed by atoms with Gasteiger partial charge in [0.1, 0.15) is 5.75 Å². The van der Waals surface area contributed by atoms with Gasteiger partial charge in [0.2, 0.25) is 0 Å². The number of methoxy groups -OCH3 is 1. The molecule has 1 aromatic carbocycles. The molecule has 0 heterocycles. The number of hydrogen-bond donors (Lipinski definition) is 2. The van der Waals surface area contributed by atoms with Crippen LogP contribution in [0.15, 0.2) is 22.7 Å². The average Bonchev–Trinajstić information content (AvgIpc) is 2.28. The van der Waals surface area contributed by atoms with E-state index in [1.807, 2.05) is 6.07 Å². The maximum atomic E-state index is 5.66. The highest BCUT2D eigenvalue weighted by Crippen LogP contribution is 2.31. The van der Waals surface area contributed by atoms with E-state index in [0.29, 0.717) is 5.41 Å². The molecule has 18 heavy (non-hydrogen) atoms. The van der Waals surface area contributed by atoms with Gasteiger partial charge in [0, 0.05) is 6.04 Å². The molecular weight excluding hydrogens is 292 g/mol. The first-order valence-electron chi connectivity index (χ1n) is 6.17. The first-order valence-corrected chi connectivity index (χ1v) is 6.96. The molecule has 0 spiro atoms. The Balaban J connectivity index is 2.79. The number of nitrogens with two attached hydrogens (primary N) is 1. The van der Waals surface area contributed by atoms with Crippen molar-refractivity contribution in [2.45, 2.75) is 39.7 Å². The first kappa shape index (κ1) is 15.5. The van der Waals surface area contributed by atoms with Crippen molar-refractivity contribution in [2.24, 2.45) is 11.3 Å². The third-order valence-electron chi connectivity index (χ3n) is 2.96. The molecule has 1 unspecified atom stereocenters. The summed E-state index contributed by atoms with van der Waals surface area (Å²) in [4.78, 5) is 0. The molecule has 1 atom stereocenters. The molecule has 0 saturated carbocycles. The van der Waals surface area contributed by atoms with Gasteiger partial charge in [0.15, 0.2) is 0 Å². The van der Waals surface area contributed by atoms with E-state index in [1.165, 1.54) is 5.56 Å². The molecule has 1 aromatic rings. The van der Waals surface area contributed by atoms with Crippen LogP contribution in [0.5, 0.6) is 5.75 Å². The predicted molar refractivity (Wildman–Crippen MR) is 79.4 cm³/mol. The Labute approximate surface area is 118 Å². The van der Waals surface area contributed by atoms with Gasteiger partial charge in [0.25, 0.3) is 0 Å². The third kappa shape index (κ3) is 4.59. The summed E-state index contributed by atoms with van der Waals surface area (Å²) >= 11 is 3.50. The van der Waals surface area contributed by atoms with Gasteiger partial charge in [-0.3, -0.25) is 11.3 Å². The number of hydrazine groups is 1. The minimum absolute atomic E-state index is 0.173. The molecular formula is C14H23BrN2O. The van der Waals surface area contributed by atoms with E-state index in [9.17, 15) is 0 Å². The standard InChI is InChI=1S/C14H23BrN2O/c1-14(2,3)8-7-12(17-16)10-5-6-13(18-4)11(15)9-10/h5-6,9,12,17H,7-8,16H2,1-4H3. The van der Waals surface area contributed by atoms with Crippen LogP contribution >= 0.6 is 15.9 Å². The van der Waals surface area contributed by atoms with Gasteiger partial charge < -0.3 is 4.74 Å². The highest BCUT2D eigenvalue weighted by molar-refractivity contribution is 9.10. The predicted octanol–water partition coefficient (Wildman–Crippen LogP) is 3.79. The van der Waals surface area contributed by atoms with Crippen LogP contribution in [0, 0.1) is 5.41 Å². The minimum Gasteiger partial charge on any atom is -0.496 e. The van der Waals surface area contributed by atoms with Crippen molar-refractivity contribution in [3.63, 3.8) is 0 Å². The van der Waals surface area contributed by atoms with Gasteiger partial charge >= 0.3 is 0 Å². The normalized spacial score (nSPS) is 13.4. The number of benzene rings is 1. The minimum atomic E-state index is 0.173. The van der Waals surface area contributed by atoms with Crippen LogP contribution in [0.2, 0.25) is 0 Å². The fourth-order valence-corrected chi connectivity index (χ4v) is 2.38. The molecule has 0 aliphatic heterocycles. The summed E-state index contributed by atoms with van der Waals surface area (Å²) < 4.78 is 6.19. The molecule has 0 aromatic heterocycles. The van der Waals surface area contributed by atoms with Crippen molar-refractivity contribution < 1.29 is 4.74 Å². The van der Waals surface area contributed by atoms with Gasteiger partial charge in [-0.15, -0.1) is 0 Å². The molecule has 3 N–H and O–H groups in total. The molecule has 1 rings (SSSR count). The number of rotatable bonds is 5. The summed E-state index contributed by atoms with van der Waals surface area (Å²) in [7, 11) is 1.66. The molecule has 0 fully saturated rings. The lowest BCUT2D eigenvalue weighted by molar-refractivity contribution is 0.333. The Hall–Kier alpha value is -0.580. The summed E-state index contributed by atoms with van der Waals surface area (Å²) in [5.41, 5.74) is 4.39. The SMILES string of the molecule is COc1ccc(C(CCC(C)(C)C)NN)cc1Br. The second kappa shape index (κ2) is 6.55. The Morgan fingerprint density at radius 1 is 1.39 bits per heavy atom. The van der Waals surface area contributed by atoms with Crippen molar-refractivity contribution in [2.75, 3.05) is 7.11 Å². The second-order valence-electron chi connectivity index (χ2n) is 5.71. The molecule has 4 heteroatoms. The summed E-state index contributed by atoms with van der Waals surface area (Å²) in [6, 6.07) is 6.25. The smallest absolute Gasteiger partial charge is 0.133 e. The third-order valence-corrected chi connectivity index (χ3v) is 3.58. The van der Waals surface area contributed by atoms with Crippen molar-refractivity contribution in [1.82, 2.24) is 5.43 Å². The number of halogens is 1. The average molecular weight is 315 g/mol. The van der Waals surface area contributed by atoms with E-state index in [2.05, 4.69) is 54.3 Å². The van der Waals surface area contributed by atoms with Crippen molar-refractivity contribution in [1.29, 1.82) is 0 Å². The van der Waals surface area contributed by atoms with Crippen molar-refractivity contribution >= 4 is 15.9 Å². The van der Waals surface area contributed by atoms with E-state index in [4.69, 9.17) is 10.6 Å². The highest BCUT2D eigenvalue weighted by Gasteiger charge is 2.16. The highest BCUT2D eigenvalue weighted by atomic mass is 79.9. The summed E-state index contributed by atoms with van der Waals surface area (Å²) in [5.74, 6) is 6.50. The number of hydrogen-bond acceptors (Lipinski definition) is 3. The van der Waals surface area contributed by atoms with Gasteiger partial charge in [-0.05, 0) is 51.9 Å². The zero-order valence-electron chi connectivity index (χ0n) is 11.6. The largest absolute Gasteiger partial charge is 0.496 e. The van der Waals surface area contributed by atoms with Crippen LogP contribution in [0.25, 0.3) is 0 Å². The lowest BCUT2D eigenvalue weighted by Gasteiger charge is -2.23. The van der Waals surface area contributed by atoms with Crippen LogP contribution in [-0.4, -0.2) is 7.11 Å². The maximum Gasteiger partial charge on any atom is 0.133 e. The zero-order valence-corrected chi connectivity index (χ0v) is 13.2. The summed E-state index contributed by atoms with van der Waals surface area (Å²) in [6.45, 7) is 6.72. The molecule has 3 nitrogen and oxygen atoms in total. The van der Waals surface area contributed by atoms with Gasteiger partial charge in [-0.1, -0.05) is 26.8 Å². The lowest BCUT2D eigenvalue weighted by atomic mass is 9.87. The summed E-state index contributed by atoms with van der Waals surface area (Å²) in [5, 5.41) is 0. The van der Waals surface area contributed by atoms with E-state index < -0.39 is 0 Å². The Morgan fingerprint density at radius 3 is 2.50 bits per heavy atom. The van der Waals surface area contributed by atoms with Crippen LogP contribution < -0.4 is 16.0 Å². The van der Waals surface area contributed by atoms with Crippen LogP contribution in [-0.2, 0) is 0 Å². The van der Waals surface area contributed by atoms with Gasteiger partial charge in [-0.25, -0.2) is 0 Å². The molecule has 0 bridgehead atoms. The molecule has 0 aliphatic carbocycles. The quantitative estimate of drug-likeness (QED) is 0.642. The fraction of sp³-hybridized carbons (Fsp3) is 0.571. The van der Waals surface area contributed by atoms with E-state index in [-0.39, 0.29) is 6.04 Å². The molecule has 0 amide bonds. The maximum absolute atomic E-state index is 5.66. The molecule has 102 valence electrons. The molecule has 0 saturated heterocycles. The monoisotopic (exact) mass is 314 g/mol. The number of nitrogens with one attached hydrogen (secondary N) is 1. The van der Waals surface area contributed by atoms with Gasteiger partial charge in [0.05, 0.1) is 11.6 Å². The topological polar surface area (TPSA) is 47.3 Å². The molecule has 0 radical (unpaired) electrons. The van der Waals surface area contributed by atoms with E-state index in [0.717, 1.165) is 23.1 Å². The zero-order chi connectivity index (χ0) is 13.8. The van der Waals surface area contributed by atoms with Crippen LogP contribution in [0.4, 0.5) is 0 Å². The number of ether oxygens (including phenoxy) is 1.